The summed E-state index contributed by atoms with van der Waals surface area (Å²) >= 11 is 0. The minimum absolute atomic E-state index is 0.366. The highest BCUT2D eigenvalue weighted by atomic mass is 19.1. The van der Waals surface area contributed by atoms with Gasteiger partial charge in [-0.15, -0.1) is 0 Å². The maximum absolute atomic E-state index is 13.2. The number of cyclic esters (lactones) is 1. The van der Waals surface area contributed by atoms with E-state index in [2.05, 4.69) is 0 Å². The third kappa shape index (κ3) is 5.19. The van der Waals surface area contributed by atoms with E-state index in [0.717, 1.165) is 0 Å². The summed E-state index contributed by atoms with van der Waals surface area (Å²) < 4.78 is 44.0. The van der Waals surface area contributed by atoms with Gasteiger partial charge in [0.05, 0.1) is 0 Å². The lowest BCUT2D eigenvalue weighted by molar-refractivity contribution is -0.156. The first-order chi connectivity index (χ1) is 13.4. The summed E-state index contributed by atoms with van der Waals surface area (Å²) in [5.74, 6) is -0.352. The quantitative estimate of drug-likeness (QED) is 0.807. The molecule has 1 saturated heterocycles. The Kier molecular flexibility index (Phi) is 6.46. The van der Waals surface area contributed by atoms with Crippen molar-refractivity contribution in [2.75, 3.05) is 0 Å². The summed E-state index contributed by atoms with van der Waals surface area (Å²) in [5, 5.41) is 0. The number of hydrogen-bond donors (Lipinski definition) is 1. The van der Waals surface area contributed by atoms with Crippen molar-refractivity contribution in [2.45, 2.75) is 50.5 Å². The predicted octanol–water partition coefficient (Wildman–Crippen LogP) is 3.60. The number of nitrogens with two attached hydrogens (primary N) is 1. The molecule has 4 atom stereocenters. The highest BCUT2D eigenvalue weighted by molar-refractivity contribution is 5.75. The van der Waals surface area contributed by atoms with Crippen LogP contribution in [-0.4, -0.2) is 30.3 Å². The van der Waals surface area contributed by atoms with Crippen molar-refractivity contribution in [2.24, 2.45) is 5.73 Å². The van der Waals surface area contributed by atoms with Crippen LogP contribution in [0.3, 0.4) is 0 Å². The number of benzene rings is 2. The molecule has 1 aliphatic rings. The highest BCUT2D eigenvalue weighted by Gasteiger charge is 2.35. The summed E-state index contributed by atoms with van der Waals surface area (Å²) in [4.78, 5) is 12.1. The Hall–Kier alpha value is -2.67. The largest absolute Gasteiger partial charge is 0.486 e. The zero-order chi connectivity index (χ0) is 20.1. The molecule has 150 valence electrons. The van der Waals surface area contributed by atoms with Crippen molar-refractivity contribution < 1.29 is 27.8 Å². The van der Waals surface area contributed by atoms with Crippen molar-refractivity contribution in [1.29, 1.82) is 0 Å². The number of rotatable bonds is 4. The SMILES string of the molecule is C[C@@H]1OC(=O)[C@@H](N)CCC[C@H](Oc2ccc(F)cc2)[C@H]1Oc1ccc(F)cc1. The topological polar surface area (TPSA) is 70.8 Å². The van der Waals surface area contributed by atoms with Crippen molar-refractivity contribution in [3.8, 4) is 11.5 Å². The zero-order valence-corrected chi connectivity index (χ0v) is 15.5. The van der Waals surface area contributed by atoms with E-state index < -0.39 is 30.3 Å². The molecule has 3 rings (SSSR count). The zero-order valence-electron chi connectivity index (χ0n) is 15.5. The fourth-order valence-electron chi connectivity index (χ4n) is 3.12. The van der Waals surface area contributed by atoms with Gasteiger partial charge < -0.3 is 19.9 Å². The summed E-state index contributed by atoms with van der Waals surface area (Å²) in [6.45, 7) is 1.70. The number of ether oxygens (including phenoxy) is 3. The van der Waals surface area contributed by atoms with E-state index in [9.17, 15) is 13.6 Å². The molecule has 0 bridgehead atoms. The molecule has 2 aromatic carbocycles. The number of esters is 1. The molecule has 5 nitrogen and oxygen atoms in total. The lowest BCUT2D eigenvalue weighted by Crippen LogP contribution is -2.46. The van der Waals surface area contributed by atoms with Crippen LogP contribution in [0.1, 0.15) is 26.2 Å². The number of hydrogen-bond acceptors (Lipinski definition) is 5. The smallest absolute Gasteiger partial charge is 0.323 e. The van der Waals surface area contributed by atoms with Crippen LogP contribution in [0.15, 0.2) is 48.5 Å². The van der Waals surface area contributed by atoms with E-state index in [4.69, 9.17) is 19.9 Å². The number of carbonyl (C=O) groups is 1. The normalized spacial score (nSPS) is 25.8. The molecule has 2 aromatic rings. The van der Waals surface area contributed by atoms with E-state index in [1.807, 2.05) is 0 Å². The van der Waals surface area contributed by atoms with Crippen molar-refractivity contribution in [3.05, 3.63) is 60.2 Å². The summed E-state index contributed by atoms with van der Waals surface area (Å²) in [7, 11) is 0. The molecule has 1 fully saturated rings. The van der Waals surface area contributed by atoms with E-state index in [-0.39, 0.29) is 11.6 Å². The molecule has 0 radical (unpaired) electrons. The molecule has 0 saturated carbocycles. The van der Waals surface area contributed by atoms with Gasteiger partial charge in [-0.05, 0) is 74.7 Å². The molecular formula is C21H23F2NO4. The second-order valence-corrected chi connectivity index (χ2v) is 6.83. The van der Waals surface area contributed by atoms with Gasteiger partial charge in [-0.3, -0.25) is 4.79 Å². The van der Waals surface area contributed by atoms with Gasteiger partial charge in [0.25, 0.3) is 0 Å². The Morgan fingerprint density at radius 3 is 2.04 bits per heavy atom. The fraction of sp³-hybridized carbons (Fsp3) is 0.381. The predicted molar refractivity (Wildman–Crippen MR) is 99.0 cm³/mol. The Balaban J connectivity index is 1.86. The van der Waals surface area contributed by atoms with Crippen LogP contribution in [-0.2, 0) is 9.53 Å². The third-order valence-corrected chi connectivity index (χ3v) is 4.62. The minimum atomic E-state index is -0.710. The maximum Gasteiger partial charge on any atom is 0.323 e. The second kappa shape index (κ2) is 9.01. The Morgan fingerprint density at radius 1 is 0.929 bits per heavy atom. The van der Waals surface area contributed by atoms with Crippen LogP contribution < -0.4 is 15.2 Å². The van der Waals surface area contributed by atoms with Crippen LogP contribution in [0.4, 0.5) is 8.78 Å². The van der Waals surface area contributed by atoms with Gasteiger partial charge in [-0.25, -0.2) is 8.78 Å². The molecule has 0 unspecified atom stereocenters. The molecule has 1 aliphatic heterocycles. The van der Waals surface area contributed by atoms with Crippen LogP contribution in [0.25, 0.3) is 0 Å². The van der Waals surface area contributed by atoms with Crippen LogP contribution in [0.2, 0.25) is 0 Å². The van der Waals surface area contributed by atoms with Crippen LogP contribution >= 0.6 is 0 Å². The average Bonchev–Trinajstić information content (AvgIpc) is 2.71. The van der Waals surface area contributed by atoms with E-state index in [1.165, 1.54) is 48.5 Å². The van der Waals surface area contributed by atoms with Gasteiger partial charge in [0.2, 0.25) is 0 Å². The minimum Gasteiger partial charge on any atom is -0.486 e. The first-order valence-electron chi connectivity index (χ1n) is 9.23. The van der Waals surface area contributed by atoms with Crippen molar-refractivity contribution >= 4 is 5.97 Å². The van der Waals surface area contributed by atoms with Gasteiger partial charge in [-0.1, -0.05) is 0 Å². The molecule has 0 amide bonds. The van der Waals surface area contributed by atoms with Gasteiger partial charge in [0, 0.05) is 0 Å². The lowest BCUT2D eigenvalue weighted by atomic mass is 10.0. The fourth-order valence-corrected chi connectivity index (χ4v) is 3.12. The monoisotopic (exact) mass is 391 g/mol. The van der Waals surface area contributed by atoms with Gasteiger partial charge in [0.15, 0.2) is 6.10 Å². The average molecular weight is 391 g/mol. The van der Waals surface area contributed by atoms with E-state index in [0.29, 0.717) is 30.8 Å². The van der Waals surface area contributed by atoms with Gasteiger partial charge >= 0.3 is 5.97 Å². The molecular weight excluding hydrogens is 368 g/mol. The second-order valence-electron chi connectivity index (χ2n) is 6.83. The molecule has 1 heterocycles. The Bertz CT molecular complexity index is 782. The number of halogens is 2. The van der Waals surface area contributed by atoms with Crippen LogP contribution in [0, 0.1) is 11.6 Å². The highest BCUT2D eigenvalue weighted by Crippen LogP contribution is 2.26. The molecule has 0 aromatic heterocycles. The summed E-state index contributed by atoms with van der Waals surface area (Å²) in [6, 6.07) is 10.5. The Morgan fingerprint density at radius 2 is 1.46 bits per heavy atom. The lowest BCUT2D eigenvalue weighted by Gasteiger charge is -2.31. The molecule has 0 aliphatic carbocycles. The van der Waals surface area contributed by atoms with E-state index in [1.54, 1.807) is 6.92 Å². The third-order valence-electron chi connectivity index (χ3n) is 4.62. The molecule has 0 spiro atoms. The van der Waals surface area contributed by atoms with Crippen molar-refractivity contribution in [1.82, 2.24) is 0 Å². The first-order valence-corrected chi connectivity index (χ1v) is 9.23. The maximum atomic E-state index is 13.2. The standard InChI is InChI=1S/C21H23F2NO4/c1-13-20(28-17-11-7-15(23)8-12-17)19(4-2-3-18(24)21(25)26-13)27-16-9-5-14(22)6-10-16/h5-13,18-20H,2-4,24H2,1H3/t13-,18-,19-,20-/m0/s1. The van der Waals surface area contributed by atoms with Crippen molar-refractivity contribution in [3.63, 3.8) is 0 Å². The van der Waals surface area contributed by atoms with Crippen LogP contribution in [0.5, 0.6) is 11.5 Å². The Labute approximate surface area is 162 Å². The van der Waals surface area contributed by atoms with Gasteiger partial charge in [0.1, 0.15) is 41.4 Å². The first kappa shape index (κ1) is 20.1. The van der Waals surface area contributed by atoms with Gasteiger partial charge in [-0.2, -0.15) is 0 Å². The molecule has 2 N–H and O–H groups in total. The molecule has 28 heavy (non-hydrogen) atoms. The van der Waals surface area contributed by atoms with E-state index >= 15 is 0 Å². The number of carbonyl (C=O) groups excluding carboxylic acids is 1. The summed E-state index contributed by atoms with van der Waals surface area (Å²) in [6.07, 6.45) is -0.172. The molecule has 7 heteroatoms. The summed E-state index contributed by atoms with van der Waals surface area (Å²) in [5.41, 5.74) is 5.87.